The molecule has 1 aromatic carbocycles. The van der Waals surface area contributed by atoms with E-state index in [1.165, 1.54) is 0 Å². The molecule has 0 unspecified atom stereocenters. The summed E-state index contributed by atoms with van der Waals surface area (Å²) in [5.74, 6) is 0.834. The van der Waals surface area contributed by atoms with Crippen molar-refractivity contribution in [2.75, 3.05) is 39.4 Å². The molecule has 3 fully saturated rings. The van der Waals surface area contributed by atoms with Crippen LogP contribution < -0.4 is 0 Å². The van der Waals surface area contributed by atoms with Crippen LogP contribution >= 0.6 is 11.6 Å². The molecular formula is C19H25ClN2O2. The van der Waals surface area contributed by atoms with Gasteiger partial charge in [0.15, 0.2) is 0 Å². The summed E-state index contributed by atoms with van der Waals surface area (Å²) < 4.78 is 5.47. The normalized spacial score (nSPS) is 29.7. The first-order valence-corrected chi connectivity index (χ1v) is 9.35. The van der Waals surface area contributed by atoms with E-state index in [1.807, 2.05) is 24.3 Å². The number of halogens is 1. The molecule has 0 bridgehead atoms. The van der Waals surface area contributed by atoms with Crippen LogP contribution in [0.3, 0.4) is 0 Å². The summed E-state index contributed by atoms with van der Waals surface area (Å²) in [6, 6.07) is 8.30. The zero-order valence-electron chi connectivity index (χ0n) is 14.2. The standard InChI is InChI=1S/C19H25ClN2O2/c1-14-12-22(13-17(14)21-8-10-24-11-9-21)18(23)19(6-7-19)15-2-4-16(20)5-3-15/h2-5,14,17H,6-13H2,1H3/t14-,17+/m1/s1. The number of benzene rings is 1. The molecule has 3 aliphatic rings. The number of carbonyl (C=O) groups is 1. The zero-order chi connectivity index (χ0) is 16.7. The lowest BCUT2D eigenvalue weighted by Crippen LogP contribution is -2.47. The number of hydrogen-bond acceptors (Lipinski definition) is 3. The molecule has 0 radical (unpaired) electrons. The Kier molecular flexibility index (Phi) is 4.31. The van der Waals surface area contributed by atoms with Crippen molar-refractivity contribution in [3.8, 4) is 0 Å². The second kappa shape index (κ2) is 6.32. The van der Waals surface area contributed by atoms with Gasteiger partial charge in [-0.1, -0.05) is 30.7 Å². The van der Waals surface area contributed by atoms with Gasteiger partial charge < -0.3 is 9.64 Å². The number of rotatable bonds is 3. The Bertz CT molecular complexity index is 608. The first-order chi connectivity index (χ1) is 11.6. The lowest BCUT2D eigenvalue weighted by atomic mass is 9.94. The van der Waals surface area contributed by atoms with E-state index in [0.717, 1.165) is 62.8 Å². The predicted molar refractivity (Wildman–Crippen MR) is 94.3 cm³/mol. The summed E-state index contributed by atoms with van der Waals surface area (Å²) in [6.45, 7) is 7.59. The molecule has 24 heavy (non-hydrogen) atoms. The highest BCUT2D eigenvalue weighted by atomic mass is 35.5. The molecule has 1 aliphatic carbocycles. The van der Waals surface area contributed by atoms with E-state index in [9.17, 15) is 4.79 Å². The van der Waals surface area contributed by atoms with E-state index in [2.05, 4.69) is 16.7 Å². The fourth-order valence-corrected chi connectivity index (χ4v) is 4.45. The van der Waals surface area contributed by atoms with Crippen LogP contribution in [-0.2, 0) is 14.9 Å². The van der Waals surface area contributed by atoms with E-state index >= 15 is 0 Å². The van der Waals surface area contributed by atoms with Gasteiger partial charge in [-0.15, -0.1) is 0 Å². The fourth-order valence-electron chi connectivity index (χ4n) is 4.32. The smallest absolute Gasteiger partial charge is 0.233 e. The van der Waals surface area contributed by atoms with Crippen LogP contribution in [0, 0.1) is 5.92 Å². The van der Waals surface area contributed by atoms with Gasteiger partial charge in [-0.3, -0.25) is 9.69 Å². The zero-order valence-corrected chi connectivity index (χ0v) is 15.0. The largest absolute Gasteiger partial charge is 0.379 e. The first kappa shape index (κ1) is 16.4. The van der Waals surface area contributed by atoms with Crippen molar-refractivity contribution in [1.29, 1.82) is 0 Å². The maximum absolute atomic E-state index is 13.2. The SMILES string of the molecule is C[C@@H]1CN(C(=O)C2(c3ccc(Cl)cc3)CC2)C[C@@H]1N1CCOCC1. The third-order valence-electron chi connectivity index (χ3n) is 5.93. The highest BCUT2D eigenvalue weighted by Crippen LogP contribution is 2.50. The van der Waals surface area contributed by atoms with Gasteiger partial charge in [0.2, 0.25) is 5.91 Å². The van der Waals surface area contributed by atoms with Gasteiger partial charge in [-0.2, -0.15) is 0 Å². The number of hydrogen-bond donors (Lipinski definition) is 0. The second-order valence-corrected chi connectivity index (χ2v) is 7.93. The van der Waals surface area contributed by atoms with E-state index in [0.29, 0.717) is 17.9 Å². The van der Waals surface area contributed by atoms with Crippen LogP contribution in [0.15, 0.2) is 24.3 Å². The quantitative estimate of drug-likeness (QED) is 0.841. The molecule has 1 aromatic rings. The molecule has 5 heteroatoms. The van der Waals surface area contributed by atoms with Gasteiger partial charge >= 0.3 is 0 Å². The van der Waals surface area contributed by atoms with Gasteiger partial charge in [-0.25, -0.2) is 0 Å². The molecule has 0 N–H and O–H groups in total. The van der Waals surface area contributed by atoms with Crippen molar-refractivity contribution >= 4 is 17.5 Å². The van der Waals surface area contributed by atoms with Crippen LogP contribution in [0.2, 0.25) is 5.02 Å². The summed E-state index contributed by atoms with van der Waals surface area (Å²) >= 11 is 6.00. The minimum atomic E-state index is -0.287. The molecule has 1 saturated carbocycles. The van der Waals surface area contributed by atoms with Crippen molar-refractivity contribution in [2.45, 2.75) is 31.2 Å². The van der Waals surface area contributed by atoms with E-state index in [-0.39, 0.29) is 5.41 Å². The number of nitrogens with zero attached hydrogens (tertiary/aromatic N) is 2. The van der Waals surface area contributed by atoms with Crippen LogP contribution in [0.4, 0.5) is 0 Å². The maximum Gasteiger partial charge on any atom is 0.233 e. The van der Waals surface area contributed by atoms with Crippen molar-refractivity contribution in [3.05, 3.63) is 34.9 Å². The Labute approximate surface area is 148 Å². The third kappa shape index (κ3) is 2.85. The molecule has 4 nitrogen and oxygen atoms in total. The molecule has 0 spiro atoms. The lowest BCUT2D eigenvalue weighted by Gasteiger charge is -2.34. The molecule has 1 amide bonds. The van der Waals surface area contributed by atoms with Gasteiger partial charge in [-0.05, 0) is 36.5 Å². The highest BCUT2D eigenvalue weighted by Gasteiger charge is 2.54. The van der Waals surface area contributed by atoms with Gasteiger partial charge in [0, 0.05) is 37.2 Å². The average Bonchev–Trinajstić information content (AvgIpc) is 3.32. The van der Waals surface area contributed by atoms with Crippen LogP contribution in [0.25, 0.3) is 0 Å². The summed E-state index contributed by atoms with van der Waals surface area (Å²) in [7, 11) is 0. The number of amides is 1. The van der Waals surface area contributed by atoms with Crippen molar-refractivity contribution < 1.29 is 9.53 Å². The Hall–Kier alpha value is -1.10. The monoisotopic (exact) mass is 348 g/mol. The Balaban J connectivity index is 1.48. The number of likely N-dealkylation sites (tertiary alicyclic amines) is 1. The fraction of sp³-hybridized carbons (Fsp3) is 0.632. The van der Waals surface area contributed by atoms with Gasteiger partial charge in [0.1, 0.15) is 0 Å². The van der Waals surface area contributed by atoms with Gasteiger partial charge in [0.25, 0.3) is 0 Å². The molecular weight excluding hydrogens is 324 g/mol. The summed E-state index contributed by atoms with van der Waals surface area (Å²) in [5, 5.41) is 0.726. The minimum absolute atomic E-state index is 0.287. The molecule has 130 valence electrons. The van der Waals surface area contributed by atoms with E-state index < -0.39 is 0 Å². The van der Waals surface area contributed by atoms with E-state index in [4.69, 9.17) is 16.3 Å². The lowest BCUT2D eigenvalue weighted by molar-refractivity contribution is -0.133. The molecule has 2 aliphatic heterocycles. The maximum atomic E-state index is 13.2. The highest BCUT2D eigenvalue weighted by molar-refractivity contribution is 6.30. The molecule has 4 rings (SSSR count). The summed E-state index contributed by atoms with van der Waals surface area (Å²) in [4.78, 5) is 17.8. The van der Waals surface area contributed by atoms with E-state index in [1.54, 1.807) is 0 Å². The minimum Gasteiger partial charge on any atom is -0.379 e. The molecule has 2 atom stereocenters. The Morgan fingerprint density at radius 2 is 1.83 bits per heavy atom. The molecule has 2 saturated heterocycles. The van der Waals surface area contributed by atoms with Crippen molar-refractivity contribution in [1.82, 2.24) is 9.80 Å². The first-order valence-electron chi connectivity index (χ1n) is 8.97. The van der Waals surface area contributed by atoms with Crippen LogP contribution in [-0.4, -0.2) is 61.1 Å². The third-order valence-corrected chi connectivity index (χ3v) is 6.18. The predicted octanol–water partition coefficient (Wildman–Crippen LogP) is 2.55. The second-order valence-electron chi connectivity index (χ2n) is 7.49. The summed E-state index contributed by atoms with van der Waals surface area (Å²) in [6.07, 6.45) is 1.92. The van der Waals surface area contributed by atoms with Crippen molar-refractivity contribution in [2.24, 2.45) is 5.92 Å². The van der Waals surface area contributed by atoms with Gasteiger partial charge in [0.05, 0.1) is 18.6 Å². The topological polar surface area (TPSA) is 32.8 Å². The van der Waals surface area contributed by atoms with Crippen molar-refractivity contribution in [3.63, 3.8) is 0 Å². The average molecular weight is 349 g/mol. The molecule has 0 aromatic heterocycles. The number of ether oxygens (including phenoxy) is 1. The summed E-state index contributed by atoms with van der Waals surface area (Å²) in [5.41, 5.74) is 0.837. The molecule has 2 heterocycles. The number of carbonyl (C=O) groups excluding carboxylic acids is 1. The Morgan fingerprint density at radius 1 is 1.17 bits per heavy atom. The number of morpholine rings is 1. The Morgan fingerprint density at radius 3 is 2.46 bits per heavy atom. The van der Waals surface area contributed by atoms with Crippen LogP contribution in [0.1, 0.15) is 25.3 Å². The van der Waals surface area contributed by atoms with Crippen LogP contribution in [0.5, 0.6) is 0 Å².